The van der Waals surface area contributed by atoms with E-state index in [0.29, 0.717) is 11.7 Å². The molecule has 20 heavy (non-hydrogen) atoms. The van der Waals surface area contributed by atoms with Crippen LogP contribution in [-0.4, -0.2) is 15.1 Å². The van der Waals surface area contributed by atoms with E-state index >= 15 is 0 Å². The molecule has 0 N–H and O–H groups in total. The predicted molar refractivity (Wildman–Crippen MR) is 78.2 cm³/mol. The average Bonchev–Trinajstić information content (AvgIpc) is 3.17. The Morgan fingerprint density at radius 2 is 2.25 bits per heavy atom. The number of allylic oxidation sites excluding steroid dienone is 1. The van der Waals surface area contributed by atoms with Crippen LogP contribution in [-0.2, 0) is 6.42 Å². The smallest absolute Gasteiger partial charge is 0.258 e. The zero-order valence-electron chi connectivity index (χ0n) is 10.6. The molecule has 5 heteroatoms. The summed E-state index contributed by atoms with van der Waals surface area (Å²) < 4.78 is 5.37. The van der Waals surface area contributed by atoms with Crippen molar-refractivity contribution in [1.29, 1.82) is 0 Å². The molecule has 0 saturated carbocycles. The monoisotopic (exact) mass is 281 g/mol. The van der Waals surface area contributed by atoms with Gasteiger partial charge in [0.2, 0.25) is 5.82 Å². The molecule has 0 fully saturated rings. The molecule has 4 rings (SSSR count). The Kier molecular flexibility index (Phi) is 2.70. The number of rotatable bonds is 2. The Labute approximate surface area is 119 Å². The van der Waals surface area contributed by atoms with Gasteiger partial charge in [-0.1, -0.05) is 23.4 Å². The minimum absolute atomic E-state index is 0.561. The quantitative estimate of drug-likeness (QED) is 0.716. The van der Waals surface area contributed by atoms with Crippen LogP contribution < -0.4 is 0 Å². The van der Waals surface area contributed by atoms with E-state index in [1.165, 1.54) is 22.5 Å². The summed E-state index contributed by atoms with van der Waals surface area (Å²) in [7, 11) is 0. The van der Waals surface area contributed by atoms with Crippen LogP contribution >= 0.6 is 11.3 Å². The van der Waals surface area contributed by atoms with Gasteiger partial charge in [0.1, 0.15) is 0 Å². The Morgan fingerprint density at radius 3 is 3.15 bits per heavy atom. The van der Waals surface area contributed by atoms with Gasteiger partial charge >= 0.3 is 0 Å². The van der Waals surface area contributed by atoms with Crippen LogP contribution in [0.3, 0.4) is 0 Å². The molecule has 0 atom stereocenters. The molecule has 4 nitrogen and oxygen atoms in total. The standard InChI is InChI=1S/C15H11N3OS/c1-2-4-11-7-12(6-5-10(11)3-1)15-17-14(18-19-15)13-8-16-9-20-13/h1,3,5-9H,2,4H2. The summed E-state index contributed by atoms with van der Waals surface area (Å²) in [6.45, 7) is 0. The number of aryl methyl sites for hydroxylation is 1. The first-order valence-electron chi connectivity index (χ1n) is 6.42. The number of benzene rings is 1. The number of hydrogen-bond donors (Lipinski definition) is 0. The lowest BCUT2D eigenvalue weighted by Gasteiger charge is -2.10. The van der Waals surface area contributed by atoms with Gasteiger partial charge < -0.3 is 4.52 Å². The van der Waals surface area contributed by atoms with Gasteiger partial charge in [-0.25, -0.2) is 0 Å². The van der Waals surface area contributed by atoms with Crippen LogP contribution in [0.5, 0.6) is 0 Å². The first-order chi connectivity index (χ1) is 9.90. The van der Waals surface area contributed by atoms with Gasteiger partial charge in [-0.15, -0.1) is 11.3 Å². The van der Waals surface area contributed by atoms with Gasteiger partial charge in [-0.3, -0.25) is 4.98 Å². The molecule has 0 aliphatic heterocycles. The number of nitrogens with zero attached hydrogens (tertiary/aromatic N) is 3. The maximum atomic E-state index is 5.37. The van der Waals surface area contributed by atoms with Gasteiger partial charge in [0.05, 0.1) is 10.4 Å². The summed E-state index contributed by atoms with van der Waals surface area (Å²) in [5, 5.41) is 4.02. The molecule has 3 aromatic rings. The van der Waals surface area contributed by atoms with Crippen LogP contribution in [0.4, 0.5) is 0 Å². The molecule has 0 unspecified atom stereocenters. The van der Waals surface area contributed by atoms with Crippen LogP contribution in [0.15, 0.2) is 40.5 Å². The Morgan fingerprint density at radius 1 is 1.25 bits per heavy atom. The maximum Gasteiger partial charge on any atom is 0.258 e. The zero-order chi connectivity index (χ0) is 13.4. The molecule has 0 saturated heterocycles. The first-order valence-corrected chi connectivity index (χ1v) is 7.30. The van der Waals surface area contributed by atoms with Crippen LogP contribution in [0, 0.1) is 0 Å². The molecular formula is C15H11N3OS. The van der Waals surface area contributed by atoms with Crippen molar-refractivity contribution in [1.82, 2.24) is 15.1 Å². The number of fused-ring (bicyclic) bond motifs is 1. The third-order valence-electron chi connectivity index (χ3n) is 3.35. The van der Waals surface area contributed by atoms with E-state index in [2.05, 4.69) is 39.4 Å². The topological polar surface area (TPSA) is 51.8 Å². The van der Waals surface area contributed by atoms with E-state index in [4.69, 9.17) is 4.52 Å². The van der Waals surface area contributed by atoms with Crippen molar-refractivity contribution >= 4 is 17.4 Å². The minimum Gasteiger partial charge on any atom is -0.334 e. The minimum atomic E-state index is 0.561. The van der Waals surface area contributed by atoms with Gasteiger partial charge in [-0.2, -0.15) is 4.98 Å². The molecule has 98 valence electrons. The van der Waals surface area contributed by atoms with Crippen molar-refractivity contribution in [3.8, 4) is 22.2 Å². The van der Waals surface area contributed by atoms with E-state index < -0.39 is 0 Å². The summed E-state index contributed by atoms with van der Waals surface area (Å²) in [6, 6.07) is 6.28. The van der Waals surface area contributed by atoms with Gasteiger partial charge in [0.25, 0.3) is 5.89 Å². The molecule has 0 amide bonds. The van der Waals surface area contributed by atoms with Crippen LogP contribution in [0.2, 0.25) is 0 Å². The summed E-state index contributed by atoms with van der Waals surface area (Å²) in [6.07, 6.45) is 8.27. The van der Waals surface area contributed by atoms with E-state index in [-0.39, 0.29) is 0 Å². The second-order valence-electron chi connectivity index (χ2n) is 4.64. The molecule has 1 aliphatic rings. The van der Waals surface area contributed by atoms with Gasteiger partial charge in [0, 0.05) is 11.8 Å². The van der Waals surface area contributed by atoms with E-state index in [9.17, 15) is 0 Å². The molecular weight excluding hydrogens is 270 g/mol. The normalized spacial score (nSPS) is 13.4. The maximum absolute atomic E-state index is 5.37. The Bertz CT molecular complexity index is 774. The highest BCUT2D eigenvalue weighted by Gasteiger charge is 2.13. The second-order valence-corrected chi connectivity index (χ2v) is 5.53. The highest BCUT2D eigenvalue weighted by atomic mass is 32.1. The molecule has 1 aliphatic carbocycles. The molecule has 0 spiro atoms. The summed E-state index contributed by atoms with van der Waals surface area (Å²) in [5.74, 6) is 1.16. The van der Waals surface area contributed by atoms with Crippen molar-refractivity contribution in [2.24, 2.45) is 0 Å². The van der Waals surface area contributed by atoms with Gasteiger partial charge in [0.15, 0.2) is 0 Å². The molecule has 0 bridgehead atoms. The van der Waals surface area contributed by atoms with E-state index in [1.54, 1.807) is 11.7 Å². The zero-order valence-corrected chi connectivity index (χ0v) is 11.4. The molecule has 1 aromatic carbocycles. The number of aromatic nitrogens is 3. The summed E-state index contributed by atoms with van der Waals surface area (Å²) >= 11 is 1.50. The lowest BCUT2D eigenvalue weighted by Crippen LogP contribution is -1.94. The second kappa shape index (κ2) is 4.68. The van der Waals surface area contributed by atoms with E-state index in [1.807, 2.05) is 6.07 Å². The lowest BCUT2D eigenvalue weighted by molar-refractivity contribution is 0.432. The third kappa shape index (κ3) is 1.96. The SMILES string of the molecule is C1=Cc2ccc(-c3nc(-c4cncs4)no3)cc2CC1. The Hall–Kier alpha value is -2.27. The van der Waals surface area contributed by atoms with Crippen molar-refractivity contribution in [3.63, 3.8) is 0 Å². The number of hydrogen-bond acceptors (Lipinski definition) is 5. The van der Waals surface area contributed by atoms with Crippen LogP contribution in [0.25, 0.3) is 28.2 Å². The van der Waals surface area contributed by atoms with Crippen molar-refractivity contribution in [2.45, 2.75) is 12.8 Å². The Balaban J connectivity index is 1.73. The molecule has 2 aromatic heterocycles. The first kappa shape index (κ1) is 11.5. The van der Waals surface area contributed by atoms with Crippen LogP contribution in [0.1, 0.15) is 17.5 Å². The lowest BCUT2D eigenvalue weighted by atomic mass is 9.95. The third-order valence-corrected chi connectivity index (χ3v) is 4.12. The van der Waals surface area contributed by atoms with E-state index in [0.717, 1.165) is 23.3 Å². The fraction of sp³-hybridized carbons (Fsp3) is 0.133. The van der Waals surface area contributed by atoms with Crippen molar-refractivity contribution in [3.05, 3.63) is 47.1 Å². The number of thiazole rings is 1. The summed E-state index contributed by atoms with van der Waals surface area (Å²) in [4.78, 5) is 9.39. The van der Waals surface area contributed by atoms with Crippen molar-refractivity contribution in [2.75, 3.05) is 0 Å². The van der Waals surface area contributed by atoms with Gasteiger partial charge in [-0.05, 0) is 36.1 Å². The largest absolute Gasteiger partial charge is 0.334 e. The van der Waals surface area contributed by atoms with Crippen molar-refractivity contribution < 1.29 is 4.52 Å². The highest BCUT2D eigenvalue weighted by Crippen LogP contribution is 2.28. The molecule has 0 radical (unpaired) electrons. The summed E-state index contributed by atoms with van der Waals surface area (Å²) in [5.41, 5.74) is 5.35. The fourth-order valence-electron chi connectivity index (χ4n) is 2.33. The predicted octanol–water partition coefficient (Wildman–Crippen LogP) is 3.82. The fourth-order valence-corrected chi connectivity index (χ4v) is 2.88. The highest BCUT2D eigenvalue weighted by molar-refractivity contribution is 7.13. The average molecular weight is 281 g/mol. The molecule has 2 heterocycles.